The second kappa shape index (κ2) is 11.0. The van der Waals surface area contributed by atoms with Crippen LogP contribution in [0.4, 0.5) is 10.6 Å². The molecule has 1 aromatic heterocycles. The number of carboxylic acid groups (broad SMARTS) is 1. The first kappa shape index (κ1) is 25.7. The summed E-state index contributed by atoms with van der Waals surface area (Å²) in [5.74, 6) is -2.24. The van der Waals surface area contributed by atoms with E-state index < -0.39 is 41.6 Å². The van der Waals surface area contributed by atoms with Gasteiger partial charge < -0.3 is 19.9 Å². The minimum absolute atomic E-state index is 0.0717. The minimum atomic E-state index is -1.23. The molecular formula is C25H29N3O7. The summed E-state index contributed by atoms with van der Waals surface area (Å²) in [6.45, 7) is 5.09. The number of nitrogens with zero attached hydrogens (tertiary/aromatic N) is 2. The number of carboxylic acids is 1. The average molecular weight is 484 g/mol. The molecule has 0 aliphatic carbocycles. The average Bonchev–Trinajstić information content (AvgIpc) is 3.19. The van der Waals surface area contributed by atoms with Gasteiger partial charge in [-0.1, -0.05) is 36.4 Å². The molecule has 10 nitrogen and oxygen atoms in total. The maximum Gasteiger partial charge on any atom is 0.408 e. The predicted octanol–water partition coefficient (Wildman–Crippen LogP) is 2.84. The van der Waals surface area contributed by atoms with Crippen LogP contribution in [0.5, 0.6) is 0 Å². The predicted molar refractivity (Wildman–Crippen MR) is 125 cm³/mol. The maximum absolute atomic E-state index is 13.5. The number of aliphatic carboxylic acids is 1. The Morgan fingerprint density at radius 3 is 2.51 bits per heavy atom. The number of pyridine rings is 1. The molecule has 1 aromatic carbocycles. The van der Waals surface area contributed by atoms with Crippen LogP contribution in [0.3, 0.4) is 0 Å². The van der Waals surface area contributed by atoms with Crippen LogP contribution in [-0.2, 0) is 36.9 Å². The molecule has 2 heterocycles. The summed E-state index contributed by atoms with van der Waals surface area (Å²) in [6, 6.07) is 10.1. The summed E-state index contributed by atoms with van der Waals surface area (Å²) in [5, 5.41) is 12.2. The van der Waals surface area contributed by atoms with Crippen LogP contribution in [0.25, 0.3) is 0 Å². The Bertz CT molecular complexity index is 1080. The normalized spacial score (nSPS) is 15.6. The van der Waals surface area contributed by atoms with E-state index in [1.165, 1.54) is 6.20 Å². The molecule has 1 aliphatic heterocycles. The molecular weight excluding hydrogens is 454 g/mol. The first-order valence-corrected chi connectivity index (χ1v) is 11.2. The number of ether oxygens (including phenoxy) is 2. The van der Waals surface area contributed by atoms with Gasteiger partial charge in [-0.2, -0.15) is 0 Å². The number of aromatic nitrogens is 1. The van der Waals surface area contributed by atoms with E-state index in [1.807, 2.05) is 30.3 Å². The summed E-state index contributed by atoms with van der Waals surface area (Å²) in [6.07, 6.45) is 0.389. The second-order valence-electron chi connectivity index (χ2n) is 9.14. The first-order chi connectivity index (χ1) is 16.5. The molecule has 0 saturated heterocycles. The van der Waals surface area contributed by atoms with E-state index in [0.717, 1.165) is 10.5 Å². The molecule has 186 valence electrons. The number of alkyl carbamates (subject to hydrolysis) is 1. The molecule has 0 saturated carbocycles. The topological polar surface area (TPSA) is 135 Å². The zero-order chi connectivity index (χ0) is 25.6. The Kier molecular flexibility index (Phi) is 8.06. The highest BCUT2D eigenvalue weighted by molar-refractivity contribution is 6.04. The van der Waals surface area contributed by atoms with E-state index in [4.69, 9.17) is 9.47 Å². The number of benzene rings is 1. The van der Waals surface area contributed by atoms with Crippen molar-refractivity contribution in [3.05, 3.63) is 59.8 Å². The van der Waals surface area contributed by atoms with E-state index in [-0.39, 0.29) is 31.7 Å². The fourth-order valence-electron chi connectivity index (χ4n) is 3.66. The van der Waals surface area contributed by atoms with Crippen molar-refractivity contribution in [3.63, 3.8) is 0 Å². The molecule has 35 heavy (non-hydrogen) atoms. The summed E-state index contributed by atoms with van der Waals surface area (Å²) in [5.41, 5.74) is 0.591. The quantitative estimate of drug-likeness (QED) is 0.547. The van der Waals surface area contributed by atoms with Gasteiger partial charge in [-0.15, -0.1) is 0 Å². The number of hydrogen-bond acceptors (Lipinski definition) is 7. The number of esters is 1. The standard InChI is InChI=1S/C25H29N3O7/c1-25(2,3)35-24(33)27-18(11-12-20(29)34-15-16-8-5-4-6-9-16)22(30)28-19(23(31)32)14-17-10-7-13-26-21(17)28/h4-10,13,18-19H,11-12,14-15H2,1-3H3,(H,27,33)(H,31,32). The summed E-state index contributed by atoms with van der Waals surface area (Å²) >= 11 is 0. The van der Waals surface area contributed by atoms with Crippen molar-refractivity contribution >= 4 is 29.8 Å². The Labute approximate surface area is 203 Å². The van der Waals surface area contributed by atoms with E-state index in [1.54, 1.807) is 32.9 Å². The van der Waals surface area contributed by atoms with Gasteiger partial charge in [-0.3, -0.25) is 14.5 Å². The fourth-order valence-corrected chi connectivity index (χ4v) is 3.66. The van der Waals surface area contributed by atoms with Crippen LogP contribution < -0.4 is 10.2 Å². The summed E-state index contributed by atoms with van der Waals surface area (Å²) < 4.78 is 10.5. The van der Waals surface area contributed by atoms with E-state index in [0.29, 0.717) is 5.56 Å². The van der Waals surface area contributed by atoms with E-state index in [9.17, 15) is 24.3 Å². The molecule has 2 N–H and O–H groups in total. The van der Waals surface area contributed by atoms with Crippen molar-refractivity contribution in [1.82, 2.24) is 10.3 Å². The molecule has 3 rings (SSSR count). The van der Waals surface area contributed by atoms with Crippen molar-refractivity contribution in [3.8, 4) is 0 Å². The molecule has 2 atom stereocenters. The van der Waals surface area contributed by atoms with Crippen LogP contribution in [-0.4, -0.2) is 51.7 Å². The maximum atomic E-state index is 13.5. The highest BCUT2D eigenvalue weighted by Crippen LogP contribution is 2.31. The zero-order valence-corrected chi connectivity index (χ0v) is 19.9. The number of amides is 2. The lowest BCUT2D eigenvalue weighted by Crippen LogP contribution is -2.54. The van der Waals surface area contributed by atoms with Gasteiger partial charge in [0.15, 0.2) is 0 Å². The summed E-state index contributed by atoms with van der Waals surface area (Å²) in [4.78, 5) is 55.5. The molecule has 2 unspecified atom stereocenters. The third-order valence-electron chi connectivity index (χ3n) is 5.21. The smallest absolute Gasteiger partial charge is 0.408 e. The van der Waals surface area contributed by atoms with Gasteiger partial charge in [0.2, 0.25) is 0 Å². The number of hydrogen-bond donors (Lipinski definition) is 2. The van der Waals surface area contributed by atoms with E-state index in [2.05, 4.69) is 10.3 Å². The van der Waals surface area contributed by atoms with Crippen molar-refractivity contribution in [2.75, 3.05) is 4.90 Å². The Morgan fingerprint density at radius 1 is 1.14 bits per heavy atom. The molecule has 0 spiro atoms. The number of nitrogens with one attached hydrogen (secondary N) is 1. The minimum Gasteiger partial charge on any atom is -0.480 e. The molecule has 0 fully saturated rings. The van der Waals surface area contributed by atoms with Gasteiger partial charge in [-0.05, 0) is 44.4 Å². The molecule has 2 aromatic rings. The van der Waals surface area contributed by atoms with Crippen LogP contribution in [0, 0.1) is 0 Å². The lowest BCUT2D eigenvalue weighted by molar-refractivity contribution is -0.145. The molecule has 1 aliphatic rings. The molecule has 10 heteroatoms. The Balaban J connectivity index is 1.75. The van der Waals surface area contributed by atoms with Crippen molar-refractivity contribution < 1.29 is 33.8 Å². The SMILES string of the molecule is CC(C)(C)OC(=O)NC(CCC(=O)OCc1ccccc1)C(=O)N1c2ncccc2CC1C(=O)O. The lowest BCUT2D eigenvalue weighted by atomic mass is 10.1. The zero-order valence-electron chi connectivity index (χ0n) is 19.9. The van der Waals surface area contributed by atoms with Crippen LogP contribution in [0.2, 0.25) is 0 Å². The Morgan fingerprint density at radius 2 is 1.86 bits per heavy atom. The van der Waals surface area contributed by atoms with Gasteiger partial charge >= 0.3 is 18.0 Å². The fraction of sp³-hybridized carbons (Fsp3) is 0.400. The van der Waals surface area contributed by atoms with Gasteiger partial charge in [0, 0.05) is 19.0 Å². The van der Waals surface area contributed by atoms with Crippen LogP contribution >= 0.6 is 0 Å². The number of anilines is 1. The lowest BCUT2D eigenvalue weighted by Gasteiger charge is -2.28. The monoisotopic (exact) mass is 483 g/mol. The number of rotatable bonds is 8. The number of carbonyl (C=O) groups is 4. The molecule has 0 bridgehead atoms. The third kappa shape index (κ3) is 7.02. The molecule has 2 amide bonds. The van der Waals surface area contributed by atoms with Crippen molar-refractivity contribution in [2.24, 2.45) is 0 Å². The van der Waals surface area contributed by atoms with Crippen LogP contribution in [0.15, 0.2) is 48.7 Å². The first-order valence-electron chi connectivity index (χ1n) is 11.2. The van der Waals surface area contributed by atoms with Crippen molar-refractivity contribution in [2.45, 2.75) is 64.3 Å². The second-order valence-corrected chi connectivity index (χ2v) is 9.14. The Hall–Kier alpha value is -3.95. The largest absolute Gasteiger partial charge is 0.480 e. The number of carbonyl (C=O) groups excluding carboxylic acids is 3. The van der Waals surface area contributed by atoms with Crippen LogP contribution in [0.1, 0.15) is 44.7 Å². The van der Waals surface area contributed by atoms with Crippen molar-refractivity contribution in [1.29, 1.82) is 0 Å². The highest BCUT2D eigenvalue weighted by Gasteiger charge is 2.42. The van der Waals surface area contributed by atoms with E-state index >= 15 is 0 Å². The van der Waals surface area contributed by atoms with Gasteiger partial charge in [0.05, 0.1) is 0 Å². The van der Waals surface area contributed by atoms with Gasteiger partial charge in [0.1, 0.15) is 30.1 Å². The third-order valence-corrected chi connectivity index (χ3v) is 5.21. The van der Waals surface area contributed by atoms with Gasteiger partial charge in [-0.25, -0.2) is 14.6 Å². The highest BCUT2D eigenvalue weighted by atomic mass is 16.6. The van der Waals surface area contributed by atoms with Gasteiger partial charge in [0.25, 0.3) is 5.91 Å². The number of fused-ring (bicyclic) bond motifs is 1. The summed E-state index contributed by atoms with van der Waals surface area (Å²) in [7, 11) is 0. The molecule has 0 radical (unpaired) electrons.